The average Bonchev–Trinajstić information content (AvgIpc) is 3.57. The molecule has 2 aliphatic heterocycles. The van der Waals surface area contributed by atoms with E-state index in [0.29, 0.717) is 6.79 Å². The summed E-state index contributed by atoms with van der Waals surface area (Å²) in [4.78, 5) is 11.7. The molecule has 0 radical (unpaired) electrons. The molecule has 7 rings (SSSR count). The minimum Gasteiger partial charge on any atom is -0.454 e. The average molecular weight is 547 g/mol. The van der Waals surface area contributed by atoms with Gasteiger partial charge < -0.3 is 30.0 Å². The summed E-state index contributed by atoms with van der Waals surface area (Å²) >= 11 is 0. The Morgan fingerprint density at radius 3 is 1.56 bits per heavy atom. The van der Waals surface area contributed by atoms with E-state index < -0.39 is 0 Å². The summed E-state index contributed by atoms with van der Waals surface area (Å²) in [6, 6.07) is 27.4. The molecule has 7 nitrogen and oxygen atoms in total. The molecule has 1 aliphatic carbocycles. The fourth-order valence-corrected chi connectivity index (χ4v) is 4.29. The van der Waals surface area contributed by atoms with E-state index >= 15 is 0 Å². The highest BCUT2D eigenvalue weighted by Crippen LogP contribution is 2.34. The van der Waals surface area contributed by atoms with Crippen LogP contribution in [0.5, 0.6) is 23.0 Å². The van der Waals surface area contributed by atoms with Crippen LogP contribution >= 0.6 is 0 Å². The number of rotatable bonds is 6. The third-order valence-electron chi connectivity index (χ3n) is 6.79. The summed E-state index contributed by atoms with van der Waals surface area (Å²) in [7, 11) is 0. The van der Waals surface area contributed by atoms with E-state index in [2.05, 4.69) is 5.32 Å². The van der Waals surface area contributed by atoms with Crippen LogP contribution in [0.4, 0.5) is 11.4 Å². The Bertz CT molecular complexity index is 1590. The number of hydrogen-bond acceptors (Lipinski definition) is 6. The van der Waals surface area contributed by atoms with Crippen molar-refractivity contribution in [3.05, 3.63) is 107 Å². The zero-order valence-corrected chi connectivity index (χ0v) is 22.4. The Morgan fingerprint density at radius 2 is 1.05 bits per heavy atom. The quantitative estimate of drug-likeness (QED) is 0.198. The smallest absolute Gasteiger partial charge is 0.231 e. The van der Waals surface area contributed by atoms with Gasteiger partial charge in [0.1, 0.15) is 0 Å². The van der Waals surface area contributed by atoms with E-state index in [0.717, 1.165) is 69.5 Å². The van der Waals surface area contributed by atoms with Crippen LogP contribution in [0.3, 0.4) is 0 Å². The lowest BCUT2D eigenvalue weighted by Crippen LogP contribution is -2.12. The zero-order valence-electron chi connectivity index (χ0n) is 22.4. The summed E-state index contributed by atoms with van der Waals surface area (Å²) in [6.07, 6.45) is 10.2. The topological polar surface area (TPSA) is 92.0 Å². The van der Waals surface area contributed by atoms with Gasteiger partial charge in [0.25, 0.3) is 0 Å². The van der Waals surface area contributed by atoms with Gasteiger partial charge in [0.2, 0.25) is 19.5 Å². The van der Waals surface area contributed by atoms with Crippen molar-refractivity contribution in [2.75, 3.05) is 24.6 Å². The number of carbonyl (C=O) groups is 1. The second-order valence-corrected chi connectivity index (χ2v) is 9.94. The zero-order chi connectivity index (χ0) is 28.0. The van der Waals surface area contributed by atoms with Crippen molar-refractivity contribution in [1.82, 2.24) is 0 Å². The second kappa shape index (κ2) is 11.9. The maximum atomic E-state index is 11.7. The third-order valence-corrected chi connectivity index (χ3v) is 6.79. The molecule has 1 saturated carbocycles. The minimum atomic E-state index is 0.133. The van der Waals surface area contributed by atoms with Crippen LogP contribution in [0.2, 0.25) is 0 Å². The number of nitrogens with two attached hydrogens (primary N) is 1. The van der Waals surface area contributed by atoms with Crippen LogP contribution in [-0.4, -0.2) is 19.5 Å². The highest BCUT2D eigenvalue weighted by molar-refractivity contribution is 5.94. The standard InChI is InChI=1S/C19H17NO3.C15H13NO2/c21-19(15-6-7-15)20-16-8-3-13(4-9-16)1-2-14-5-10-17-18(11-14)23-12-22-17;16-13-6-3-11(4-7-13)1-2-12-5-8-14-15(9-12)18-10-17-14/h1-5,8-11,15H,6-7,12H2,(H,20,21);1-9H,10,16H2/b2*2-1+. The number of fused-ring (bicyclic) bond motifs is 2. The monoisotopic (exact) mass is 546 g/mol. The lowest BCUT2D eigenvalue weighted by Gasteiger charge is -2.04. The van der Waals surface area contributed by atoms with Gasteiger partial charge in [-0.3, -0.25) is 4.79 Å². The molecule has 4 aromatic carbocycles. The molecule has 3 N–H and O–H groups in total. The van der Waals surface area contributed by atoms with Crippen LogP contribution in [0.15, 0.2) is 84.9 Å². The maximum Gasteiger partial charge on any atom is 0.231 e. The van der Waals surface area contributed by atoms with E-state index in [1.54, 1.807) is 0 Å². The van der Waals surface area contributed by atoms with Gasteiger partial charge in [0.05, 0.1) is 0 Å². The molecule has 0 unspecified atom stereocenters. The molecule has 0 spiro atoms. The molecule has 3 aliphatic rings. The van der Waals surface area contributed by atoms with E-state index in [4.69, 9.17) is 24.7 Å². The molecule has 206 valence electrons. The van der Waals surface area contributed by atoms with Crippen LogP contribution in [0.1, 0.15) is 35.1 Å². The van der Waals surface area contributed by atoms with Crippen molar-refractivity contribution in [3.63, 3.8) is 0 Å². The van der Waals surface area contributed by atoms with Crippen LogP contribution in [-0.2, 0) is 4.79 Å². The number of benzene rings is 4. The molecule has 0 aromatic heterocycles. The van der Waals surface area contributed by atoms with E-state index in [1.807, 2.05) is 109 Å². The number of nitrogens with one attached hydrogen (secondary N) is 1. The number of hydrogen-bond donors (Lipinski definition) is 2. The second-order valence-electron chi connectivity index (χ2n) is 9.94. The fraction of sp³-hybridized carbons (Fsp3) is 0.147. The van der Waals surface area contributed by atoms with Crippen molar-refractivity contribution in [2.24, 2.45) is 5.92 Å². The number of anilines is 2. The summed E-state index contributed by atoms with van der Waals surface area (Å²) < 4.78 is 21.3. The van der Waals surface area contributed by atoms with Gasteiger partial charge in [0, 0.05) is 17.3 Å². The summed E-state index contributed by atoms with van der Waals surface area (Å²) in [5, 5.41) is 2.94. The minimum absolute atomic E-state index is 0.133. The van der Waals surface area contributed by atoms with Crippen molar-refractivity contribution in [2.45, 2.75) is 12.8 Å². The van der Waals surface area contributed by atoms with E-state index in [-0.39, 0.29) is 18.6 Å². The Kier molecular flexibility index (Phi) is 7.58. The molecule has 7 heteroatoms. The molecule has 0 bridgehead atoms. The first-order valence-corrected chi connectivity index (χ1v) is 13.5. The van der Waals surface area contributed by atoms with Crippen LogP contribution < -0.4 is 30.0 Å². The maximum absolute atomic E-state index is 11.7. The Hall–Kier alpha value is -5.17. The summed E-state index contributed by atoms with van der Waals surface area (Å²) in [5.74, 6) is 3.53. The molecular weight excluding hydrogens is 516 g/mol. The Balaban J connectivity index is 0.000000152. The molecule has 1 amide bonds. The van der Waals surface area contributed by atoms with E-state index in [1.165, 1.54) is 0 Å². The van der Waals surface area contributed by atoms with Gasteiger partial charge in [-0.25, -0.2) is 0 Å². The van der Waals surface area contributed by atoms with Gasteiger partial charge in [-0.1, -0.05) is 60.7 Å². The lowest BCUT2D eigenvalue weighted by atomic mass is 10.1. The molecule has 4 aromatic rings. The first-order valence-electron chi connectivity index (χ1n) is 13.5. The van der Waals surface area contributed by atoms with E-state index in [9.17, 15) is 4.79 Å². The highest BCUT2D eigenvalue weighted by atomic mass is 16.7. The van der Waals surface area contributed by atoms with Crippen molar-refractivity contribution >= 4 is 41.6 Å². The van der Waals surface area contributed by atoms with Crippen molar-refractivity contribution in [3.8, 4) is 23.0 Å². The van der Waals surface area contributed by atoms with Gasteiger partial charge >= 0.3 is 0 Å². The van der Waals surface area contributed by atoms with Crippen LogP contribution in [0, 0.1) is 5.92 Å². The Morgan fingerprint density at radius 1 is 0.610 bits per heavy atom. The van der Waals surface area contributed by atoms with Gasteiger partial charge in [0.15, 0.2) is 23.0 Å². The number of carbonyl (C=O) groups excluding carboxylic acids is 1. The Labute approximate surface area is 238 Å². The van der Waals surface area contributed by atoms with Gasteiger partial charge in [-0.15, -0.1) is 0 Å². The van der Waals surface area contributed by atoms with Crippen LogP contribution in [0.25, 0.3) is 24.3 Å². The molecule has 1 fully saturated rings. The molecule has 2 heterocycles. The largest absolute Gasteiger partial charge is 0.454 e. The number of amides is 1. The molecule has 0 saturated heterocycles. The normalized spacial score (nSPS) is 14.6. The first-order chi connectivity index (χ1) is 20.1. The predicted molar refractivity (Wildman–Crippen MR) is 162 cm³/mol. The third kappa shape index (κ3) is 6.89. The van der Waals surface area contributed by atoms with Crippen molar-refractivity contribution in [1.29, 1.82) is 0 Å². The SMILES string of the molecule is Nc1ccc(/C=C/c2ccc3c(c2)OCO3)cc1.O=C(Nc1ccc(/C=C/c2ccc3c(c2)OCO3)cc1)C1CC1. The highest BCUT2D eigenvalue weighted by Gasteiger charge is 2.29. The lowest BCUT2D eigenvalue weighted by molar-refractivity contribution is -0.117. The molecular formula is C34H30N2O5. The number of nitrogen functional groups attached to an aromatic ring is 1. The summed E-state index contributed by atoms with van der Waals surface area (Å²) in [5.41, 5.74) is 11.6. The van der Waals surface area contributed by atoms with Crippen molar-refractivity contribution < 1.29 is 23.7 Å². The van der Waals surface area contributed by atoms with Gasteiger partial charge in [-0.2, -0.15) is 0 Å². The number of ether oxygens (including phenoxy) is 4. The fourth-order valence-electron chi connectivity index (χ4n) is 4.29. The summed E-state index contributed by atoms with van der Waals surface area (Å²) in [6.45, 7) is 0.594. The van der Waals surface area contributed by atoms with Gasteiger partial charge in [-0.05, 0) is 83.6 Å². The molecule has 41 heavy (non-hydrogen) atoms. The predicted octanol–water partition coefficient (Wildman–Crippen LogP) is 7.10. The molecule has 0 atom stereocenters. The first kappa shape index (κ1) is 26.1.